The van der Waals surface area contributed by atoms with Crippen LogP contribution in [0.5, 0.6) is 0 Å². The minimum atomic E-state index is -4.65. The van der Waals surface area contributed by atoms with Gasteiger partial charge in [-0.3, -0.25) is 0 Å². The van der Waals surface area contributed by atoms with E-state index in [2.05, 4.69) is 0 Å². The zero-order chi connectivity index (χ0) is 9.41. The molecule has 0 saturated heterocycles. The summed E-state index contributed by atoms with van der Waals surface area (Å²) in [5, 5.41) is 0. The molecule has 0 bridgehead atoms. The third-order valence-corrected chi connectivity index (χ3v) is 2.58. The van der Waals surface area contributed by atoms with E-state index in [0.717, 1.165) is 6.08 Å². The van der Waals surface area contributed by atoms with Crippen LogP contribution in [0.4, 0.5) is 3.89 Å². The van der Waals surface area contributed by atoms with Gasteiger partial charge in [-0.05, 0) is 12.2 Å². The van der Waals surface area contributed by atoms with Crippen LogP contribution in [-0.2, 0) is 10.2 Å². The number of hydrogen-bond donors (Lipinski definition) is 1. The molecule has 68 valence electrons. The zero-order valence-corrected chi connectivity index (χ0v) is 7.57. The Kier molecular flexibility index (Phi) is 2.29. The van der Waals surface area contributed by atoms with Crippen LogP contribution in [0, 0.1) is 0 Å². The minimum Gasteiger partial charge on any atom is -0.309 e. The first-order valence-corrected chi connectivity index (χ1v) is 4.88. The van der Waals surface area contributed by atoms with Crippen LogP contribution >= 0.6 is 11.6 Å². The average molecular weight is 212 g/mol. The van der Waals surface area contributed by atoms with Crippen LogP contribution in [0.15, 0.2) is 23.1 Å². The Morgan fingerprint density at radius 1 is 1.67 bits per heavy atom. The fourth-order valence-corrected chi connectivity index (χ4v) is 1.82. The van der Waals surface area contributed by atoms with Gasteiger partial charge in [-0.2, -0.15) is 8.42 Å². The Hall–Kier alpha value is -0.390. The molecule has 1 aliphatic rings. The van der Waals surface area contributed by atoms with Crippen LogP contribution < -0.4 is 5.73 Å². The van der Waals surface area contributed by atoms with Gasteiger partial charge in [0.1, 0.15) is 5.00 Å². The van der Waals surface area contributed by atoms with Gasteiger partial charge in [-0.15, -0.1) is 3.89 Å². The maximum absolute atomic E-state index is 12.4. The maximum atomic E-state index is 12.4. The van der Waals surface area contributed by atoms with Crippen molar-refractivity contribution in [1.82, 2.24) is 0 Å². The fourth-order valence-electron chi connectivity index (χ4n) is 0.868. The smallest absolute Gasteiger partial charge is 0.309 e. The van der Waals surface area contributed by atoms with E-state index in [-0.39, 0.29) is 11.3 Å². The standard InChI is InChI=1S/C6H7ClFNO2S/c7-6(9)3-1-2-5(4-6)12(8,10)11/h1-3H,4,9H2. The molecular formula is C6H7ClFNO2S. The summed E-state index contributed by atoms with van der Waals surface area (Å²) < 4.78 is 33.2. The first-order chi connectivity index (χ1) is 5.31. The quantitative estimate of drug-likeness (QED) is 0.400. The molecule has 1 aliphatic carbocycles. The lowest BCUT2D eigenvalue weighted by atomic mass is 10.1. The SMILES string of the molecule is NC1(Cl)C=CC=C(S(=O)(=O)F)C1. The molecule has 1 atom stereocenters. The van der Waals surface area contributed by atoms with Gasteiger partial charge < -0.3 is 5.73 Å². The van der Waals surface area contributed by atoms with Crippen LogP contribution in [-0.4, -0.2) is 13.4 Å². The van der Waals surface area contributed by atoms with E-state index >= 15 is 0 Å². The summed E-state index contributed by atoms with van der Waals surface area (Å²) in [6, 6.07) is 0. The Labute approximate surface area is 74.9 Å². The Balaban J connectivity index is 3.00. The average Bonchev–Trinajstić information content (AvgIpc) is 1.83. The van der Waals surface area contributed by atoms with E-state index in [9.17, 15) is 12.3 Å². The lowest BCUT2D eigenvalue weighted by Gasteiger charge is -2.20. The van der Waals surface area contributed by atoms with Crippen molar-refractivity contribution < 1.29 is 12.3 Å². The summed E-state index contributed by atoms with van der Waals surface area (Å²) >= 11 is 5.59. The van der Waals surface area contributed by atoms with Crippen LogP contribution in [0.2, 0.25) is 0 Å². The number of hydrogen-bond acceptors (Lipinski definition) is 3. The third kappa shape index (κ3) is 2.30. The second-order valence-electron chi connectivity index (χ2n) is 2.53. The predicted molar refractivity (Wildman–Crippen MR) is 44.6 cm³/mol. The Morgan fingerprint density at radius 2 is 2.25 bits per heavy atom. The predicted octanol–water partition coefficient (Wildman–Crippen LogP) is 1.02. The van der Waals surface area contributed by atoms with Crippen LogP contribution in [0.3, 0.4) is 0 Å². The van der Waals surface area contributed by atoms with Crippen molar-refractivity contribution in [3.05, 3.63) is 23.1 Å². The fraction of sp³-hybridized carbons (Fsp3) is 0.333. The summed E-state index contributed by atoms with van der Waals surface area (Å²) in [6.07, 6.45) is 3.65. The van der Waals surface area contributed by atoms with Crippen molar-refractivity contribution >= 4 is 21.8 Å². The lowest BCUT2D eigenvalue weighted by molar-refractivity contribution is 0.553. The molecule has 0 fully saturated rings. The Bertz CT molecular complexity index is 345. The number of rotatable bonds is 1. The highest BCUT2D eigenvalue weighted by Gasteiger charge is 2.28. The largest absolute Gasteiger partial charge is 0.328 e. The zero-order valence-electron chi connectivity index (χ0n) is 6.00. The topological polar surface area (TPSA) is 60.2 Å². The highest BCUT2D eigenvalue weighted by atomic mass is 35.5. The summed E-state index contributed by atoms with van der Waals surface area (Å²) in [6.45, 7) is 0. The van der Waals surface area contributed by atoms with Crippen molar-refractivity contribution in [3.63, 3.8) is 0 Å². The van der Waals surface area contributed by atoms with E-state index < -0.39 is 15.2 Å². The second-order valence-corrected chi connectivity index (χ2v) is 4.64. The summed E-state index contributed by atoms with van der Waals surface area (Å²) in [7, 11) is -4.65. The molecule has 0 aromatic rings. The van der Waals surface area contributed by atoms with Crippen molar-refractivity contribution in [2.24, 2.45) is 5.73 Å². The molecule has 1 unspecified atom stereocenters. The molecule has 0 saturated carbocycles. The molecule has 0 spiro atoms. The van der Waals surface area contributed by atoms with Crippen LogP contribution in [0.1, 0.15) is 6.42 Å². The molecule has 2 N–H and O–H groups in total. The molecule has 0 heterocycles. The van der Waals surface area contributed by atoms with Crippen molar-refractivity contribution in [3.8, 4) is 0 Å². The molecule has 0 aromatic heterocycles. The van der Waals surface area contributed by atoms with E-state index in [1.54, 1.807) is 0 Å². The molecule has 3 nitrogen and oxygen atoms in total. The Morgan fingerprint density at radius 3 is 2.58 bits per heavy atom. The van der Waals surface area contributed by atoms with Gasteiger partial charge in [0.25, 0.3) is 0 Å². The number of allylic oxidation sites excluding steroid dienone is 2. The first-order valence-electron chi connectivity index (χ1n) is 3.12. The molecule has 6 heteroatoms. The van der Waals surface area contributed by atoms with E-state index in [1.807, 2.05) is 0 Å². The maximum Gasteiger partial charge on any atom is 0.328 e. The monoisotopic (exact) mass is 211 g/mol. The molecule has 1 rings (SSSR count). The van der Waals surface area contributed by atoms with Gasteiger partial charge >= 0.3 is 10.2 Å². The van der Waals surface area contributed by atoms with Gasteiger partial charge in [0.15, 0.2) is 0 Å². The molecule has 12 heavy (non-hydrogen) atoms. The van der Waals surface area contributed by atoms with Gasteiger partial charge in [0.05, 0.1) is 4.91 Å². The summed E-state index contributed by atoms with van der Waals surface area (Å²) in [4.78, 5) is -1.68. The molecule has 0 aromatic carbocycles. The molecule has 0 aliphatic heterocycles. The molecular weight excluding hydrogens is 205 g/mol. The molecule has 0 radical (unpaired) electrons. The van der Waals surface area contributed by atoms with Crippen molar-refractivity contribution in [2.45, 2.75) is 11.4 Å². The van der Waals surface area contributed by atoms with Gasteiger partial charge in [-0.25, -0.2) is 0 Å². The number of nitrogens with two attached hydrogens (primary N) is 1. The van der Waals surface area contributed by atoms with Crippen LogP contribution in [0.25, 0.3) is 0 Å². The number of halogens is 2. The lowest BCUT2D eigenvalue weighted by Crippen LogP contribution is -2.33. The normalized spacial score (nSPS) is 30.1. The van der Waals surface area contributed by atoms with Crippen molar-refractivity contribution in [2.75, 3.05) is 0 Å². The van der Waals surface area contributed by atoms with Gasteiger partial charge in [0, 0.05) is 6.42 Å². The minimum absolute atomic E-state index is 0.218. The first kappa shape index (κ1) is 9.70. The highest BCUT2D eigenvalue weighted by Crippen LogP contribution is 2.28. The summed E-state index contributed by atoms with van der Waals surface area (Å²) in [5.74, 6) is 0. The molecule has 0 amide bonds. The summed E-state index contributed by atoms with van der Waals surface area (Å²) in [5.41, 5.74) is 5.37. The van der Waals surface area contributed by atoms with E-state index in [4.69, 9.17) is 17.3 Å². The van der Waals surface area contributed by atoms with Gasteiger partial charge in [0.2, 0.25) is 0 Å². The highest BCUT2D eigenvalue weighted by molar-refractivity contribution is 7.90. The second kappa shape index (κ2) is 2.83. The van der Waals surface area contributed by atoms with Crippen molar-refractivity contribution in [1.29, 1.82) is 0 Å². The van der Waals surface area contributed by atoms with Gasteiger partial charge in [-0.1, -0.05) is 17.7 Å². The number of alkyl halides is 1. The van der Waals surface area contributed by atoms with E-state index in [1.165, 1.54) is 12.2 Å². The third-order valence-electron chi connectivity index (χ3n) is 1.41. The van der Waals surface area contributed by atoms with E-state index in [0.29, 0.717) is 0 Å².